The van der Waals surface area contributed by atoms with E-state index in [0.717, 1.165) is 22.7 Å². The minimum Gasteiger partial charge on any atom is -0.508 e. The van der Waals surface area contributed by atoms with Crippen LogP contribution in [0.15, 0.2) is 42.5 Å². The van der Waals surface area contributed by atoms with Crippen LogP contribution in [0.2, 0.25) is 0 Å². The van der Waals surface area contributed by atoms with Gasteiger partial charge in [-0.1, -0.05) is 6.07 Å². The van der Waals surface area contributed by atoms with Crippen LogP contribution in [0.1, 0.15) is 12.5 Å². The number of methoxy groups -OCH3 is 1. The van der Waals surface area contributed by atoms with Crippen molar-refractivity contribution in [3.8, 4) is 17.2 Å². The van der Waals surface area contributed by atoms with E-state index in [0.29, 0.717) is 13.2 Å². The Labute approximate surface area is 119 Å². The normalized spacial score (nSPS) is 10.1. The van der Waals surface area contributed by atoms with E-state index in [1.165, 1.54) is 0 Å². The van der Waals surface area contributed by atoms with Gasteiger partial charge in [0.15, 0.2) is 0 Å². The predicted octanol–water partition coefficient (Wildman–Crippen LogP) is 3.41. The van der Waals surface area contributed by atoms with Gasteiger partial charge in [0.05, 0.1) is 13.7 Å². The number of phenols is 1. The molecule has 0 fully saturated rings. The number of phenolic OH excluding ortho intramolecular Hbond substituents is 1. The third kappa shape index (κ3) is 3.57. The van der Waals surface area contributed by atoms with Crippen LogP contribution in [-0.4, -0.2) is 18.8 Å². The van der Waals surface area contributed by atoms with Crippen molar-refractivity contribution >= 4 is 5.69 Å². The molecule has 0 radical (unpaired) electrons. The SMILES string of the molecule is CCOc1cccc(NCc2cc(OC)ccc2O)c1. The number of ether oxygens (including phenoxy) is 2. The van der Waals surface area contributed by atoms with E-state index in [1.807, 2.05) is 37.3 Å². The molecular weight excluding hydrogens is 254 g/mol. The van der Waals surface area contributed by atoms with Gasteiger partial charge >= 0.3 is 0 Å². The van der Waals surface area contributed by atoms with Gasteiger partial charge in [0.25, 0.3) is 0 Å². The zero-order chi connectivity index (χ0) is 14.4. The summed E-state index contributed by atoms with van der Waals surface area (Å²) in [7, 11) is 1.61. The Morgan fingerprint density at radius 3 is 2.70 bits per heavy atom. The Morgan fingerprint density at radius 2 is 1.95 bits per heavy atom. The molecule has 0 atom stereocenters. The third-order valence-corrected chi connectivity index (χ3v) is 2.91. The fraction of sp³-hybridized carbons (Fsp3) is 0.250. The molecule has 2 N–H and O–H groups in total. The second-order valence-electron chi connectivity index (χ2n) is 4.31. The van der Waals surface area contributed by atoms with Gasteiger partial charge in [0, 0.05) is 23.9 Å². The van der Waals surface area contributed by atoms with E-state index >= 15 is 0 Å². The molecule has 4 nitrogen and oxygen atoms in total. The molecule has 0 aliphatic heterocycles. The third-order valence-electron chi connectivity index (χ3n) is 2.91. The summed E-state index contributed by atoms with van der Waals surface area (Å²) in [6, 6.07) is 12.9. The number of rotatable bonds is 6. The summed E-state index contributed by atoms with van der Waals surface area (Å²) in [5.74, 6) is 1.80. The summed E-state index contributed by atoms with van der Waals surface area (Å²) in [6.45, 7) is 3.10. The maximum Gasteiger partial charge on any atom is 0.121 e. The van der Waals surface area contributed by atoms with Crippen molar-refractivity contribution in [3.05, 3.63) is 48.0 Å². The lowest BCUT2D eigenvalue weighted by atomic mass is 10.2. The highest BCUT2D eigenvalue weighted by Crippen LogP contribution is 2.24. The molecule has 0 amide bonds. The van der Waals surface area contributed by atoms with Crippen molar-refractivity contribution in [1.82, 2.24) is 0 Å². The van der Waals surface area contributed by atoms with Gasteiger partial charge in [-0.3, -0.25) is 0 Å². The van der Waals surface area contributed by atoms with Crippen LogP contribution in [-0.2, 0) is 6.54 Å². The molecule has 20 heavy (non-hydrogen) atoms. The van der Waals surface area contributed by atoms with E-state index in [4.69, 9.17) is 9.47 Å². The maximum absolute atomic E-state index is 9.83. The maximum atomic E-state index is 9.83. The zero-order valence-electron chi connectivity index (χ0n) is 11.7. The van der Waals surface area contributed by atoms with Gasteiger partial charge in [0.2, 0.25) is 0 Å². The second-order valence-corrected chi connectivity index (χ2v) is 4.31. The van der Waals surface area contributed by atoms with E-state index in [-0.39, 0.29) is 5.75 Å². The van der Waals surface area contributed by atoms with Gasteiger partial charge in [-0.25, -0.2) is 0 Å². The molecular formula is C16H19NO3. The monoisotopic (exact) mass is 273 g/mol. The fourth-order valence-corrected chi connectivity index (χ4v) is 1.89. The summed E-state index contributed by atoms with van der Waals surface area (Å²) < 4.78 is 10.6. The van der Waals surface area contributed by atoms with Crippen LogP contribution in [0, 0.1) is 0 Å². The highest BCUT2D eigenvalue weighted by Gasteiger charge is 2.04. The molecule has 0 aliphatic carbocycles. The molecule has 4 heteroatoms. The van der Waals surface area contributed by atoms with E-state index in [9.17, 15) is 5.11 Å². The van der Waals surface area contributed by atoms with Gasteiger partial charge in [0.1, 0.15) is 17.2 Å². The van der Waals surface area contributed by atoms with Crippen LogP contribution < -0.4 is 14.8 Å². The molecule has 0 saturated heterocycles. The highest BCUT2D eigenvalue weighted by molar-refractivity contribution is 5.50. The van der Waals surface area contributed by atoms with E-state index in [1.54, 1.807) is 19.2 Å². The van der Waals surface area contributed by atoms with Crippen LogP contribution in [0.3, 0.4) is 0 Å². The summed E-state index contributed by atoms with van der Waals surface area (Å²) >= 11 is 0. The lowest BCUT2D eigenvalue weighted by Crippen LogP contribution is -2.01. The number of benzene rings is 2. The Balaban J connectivity index is 2.06. The van der Waals surface area contributed by atoms with E-state index in [2.05, 4.69) is 5.32 Å². The summed E-state index contributed by atoms with van der Waals surface area (Å²) in [5, 5.41) is 13.1. The predicted molar refractivity (Wildman–Crippen MR) is 79.6 cm³/mol. The minimum absolute atomic E-state index is 0.249. The molecule has 2 aromatic rings. The van der Waals surface area contributed by atoms with Crippen LogP contribution in [0.4, 0.5) is 5.69 Å². The molecule has 0 bridgehead atoms. The van der Waals surface area contributed by atoms with Gasteiger partial charge < -0.3 is 19.9 Å². The average Bonchev–Trinajstić information content (AvgIpc) is 2.47. The first-order valence-electron chi connectivity index (χ1n) is 6.55. The number of hydrogen-bond acceptors (Lipinski definition) is 4. The highest BCUT2D eigenvalue weighted by atomic mass is 16.5. The largest absolute Gasteiger partial charge is 0.508 e. The minimum atomic E-state index is 0.249. The lowest BCUT2D eigenvalue weighted by molar-refractivity contribution is 0.340. The second kappa shape index (κ2) is 6.70. The van der Waals surface area contributed by atoms with Crippen molar-refractivity contribution in [3.63, 3.8) is 0 Å². The first kappa shape index (κ1) is 14.1. The van der Waals surface area contributed by atoms with Gasteiger partial charge in [-0.05, 0) is 37.3 Å². The van der Waals surface area contributed by atoms with Gasteiger partial charge in [-0.2, -0.15) is 0 Å². The van der Waals surface area contributed by atoms with Gasteiger partial charge in [-0.15, -0.1) is 0 Å². The van der Waals surface area contributed by atoms with Crippen molar-refractivity contribution in [1.29, 1.82) is 0 Å². The quantitative estimate of drug-likeness (QED) is 0.846. The first-order chi connectivity index (χ1) is 9.72. The molecule has 0 unspecified atom stereocenters. The molecule has 2 rings (SSSR count). The van der Waals surface area contributed by atoms with Crippen LogP contribution in [0.5, 0.6) is 17.2 Å². The van der Waals surface area contributed by atoms with Crippen molar-refractivity contribution in [2.45, 2.75) is 13.5 Å². The smallest absolute Gasteiger partial charge is 0.121 e. The molecule has 2 aromatic carbocycles. The number of hydrogen-bond donors (Lipinski definition) is 2. The van der Waals surface area contributed by atoms with Crippen molar-refractivity contribution in [2.75, 3.05) is 19.0 Å². The summed E-state index contributed by atoms with van der Waals surface area (Å²) in [6.07, 6.45) is 0. The Kier molecular flexibility index (Phi) is 4.71. The Hall–Kier alpha value is -2.36. The zero-order valence-corrected chi connectivity index (χ0v) is 11.7. The number of aromatic hydroxyl groups is 1. The van der Waals surface area contributed by atoms with E-state index < -0.39 is 0 Å². The molecule has 0 aliphatic rings. The van der Waals surface area contributed by atoms with Crippen LogP contribution in [0.25, 0.3) is 0 Å². The van der Waals surface area contributed by atoms with Crippen molar-refractivity contribution in [2.24, 2.45) is 0 Å². The van der Waals surface area contributed by atoms with Crippen molar-refractivity contribution < 1.29 is 14.6 Å². The number of nitrogens with one attached hydrogen (secondary N) is 1. The topological polar surface area (TPSA) is 50.7 Å². The standard InChI is InChI=1S/C16H19NO3/c1-3-20-15-6-4-5-13(10-15)17-11-12-9-14(19-2)7-8-16(12)18/h4-10,17-18H,3,11H2,1-2H3. The fourth-order valence-electron chi connectivity index (χ4n) is 1.89. The molecule has 0 saturated carbocycles. The number of anilines is 1. The summed E-state index contributed by atoms with van der Waals surface area (Å²) in [4.78, 5) is 0. The molecule has 106 valence electrons. The average molecular weight is 273 g/mol. The molecule has 0 heterocycles. The summed E-state index contributed by atoms with van der Waals surface area (Å²) in [5.41, 5.74) is 1.73. The first-order valence-corrected chi connectivity index (χ1v) is 6.55. The molecule has 0 spiro atoms. The molecule has 0 aromatic heterocycles. The lowest BCUT2D eigenvalue weighted by Gasteiger charge is -2.11. The Bertz CT molecular complexity index is 569. The Morgan fingerprint density at radius 1 is 1.10 bits per heavy atom. The van der Waals surface area contributed by atoms with Crippen LogP contribution >= 0.6 is 0 Å².